The molecule has 0 amide bonds. The van der Waals surface area contributed by atoms with Gasteiger partial charge in [0, 0.05) is 12.0 Å². The fraction of sp³-hybridized carbons (Fsp3) is 0.167. The second kappa shape index (κ2) is 5.18. The molecule has 2 rings (SSSR count). The lowest BCUT2D eigenvalue weighted by molar-refractivity contribution is -0.137. The number of halogens is 2. The number of nitrogens with zero attached hydrogens (tertiary/aromatic N) is 1. The molecule has 0 fully saturated rings. The Kier molecular flexibility index (Phi) is 3.62. The van der Waals surface area contributed by atoms with Crippen LogP contribution in [0, 0.1) is 5.82 Å². The Morgan fingerprint density at radius 1 is 1.50 bits per heavy atom. The number of aromatic nitrogens is 2. The first-order chi connectivity index (χ1) is 8.56. The molecule has 0 aliphatic rings. The summed E-state index contributed by atoms with van der Waals surface area (Å²) in [6.07, 6.45) is 0.219. The average molecular weight is 269 g/mol. The maximum atomic E-state index is 13.1. The van der Waals surface area contributed by atoms with Gasteiger partial charge in [-0.3, -0.25) is 4.79 Å². The van der Waals surface area contributed by atoms with Crippen molar-refractivity contribution in [1.29, 1.82) is 0 Å². The first kappa shape index (κ1) is 12.6. The van der Waals surface area contributed by atoms with Crippen LogP contribution in [0.15, 0.2) is 24.3 Å². The van der Waals surface area contributed by atoms with E-state index in [1.54, 1.807) is 12.1 Å². The molecule has 0 unspecified atom stereocenters. The molecular weight excluding hydrogens is 259 g/mol. The summed E-state index contributed by atoms with van der Waals surface area (Å²) in [5.41, 5.74) is 0.981. The number of aliphatic carboxylic acids is 1. The Balaban J connectivity index is 2.26. The molecular formula is C12H10ClFN2O2. The summed E-state index contributed by atoms with van der Waals surface area (Å²) in [6, 6.07) is 5.90. The Labute approximate surface area is 107 Å². The van der Waals surface area contributed by atoms with Gasteiger partial charge in [0.1, 0.15) is 22.5 Å². The molecule has 0 aliphatic heterocycles. The van der Waals surface area contributed by atoms with Crippen LogP contribution in [0.3, 0.4) is 0 Å². The number of hydrogen-bond acceptors (Lipinski definition) is 2. The van der Waals surface area contributed by atoms with Crippen LogP contribution >= 0.6 is 11.6 Å². The van der Waals surface area contributed by atoms with Gasteiger partial charge in [-0.05, 0) is 12.1 Å². The predicted molar refractivity (Wildman–Crippen MR) is 64.9 cm³/mol. The fourth-order valence-corrected chi connectivity index (χ4v) is 1.83. The SMILES string of the molecule is O=C(O)CCc1nc(-c2cccc(F)c2)c(Cl)[nH]1. The van der Waals surface area contributed by atoms with Gasteiger partial charge in [0.25, 0.3) is 0 Å². The number of H-pyrrole nitrogens is 1. The molecule has 1 heterocycles. The Morgan fingerprint density at radius 3 is 2.94 bits per heavy atom. The third kappa shape index (κ3) is 2.87. The van der Waals surface area contributed by atoms with E-state index in [0.717, 1.165) is 0 Å². The zero-order valence-electron chi connectivity index (χ0n) is 9.28. The van der Waals surface area contributed by atoms with Gasteiger partial charge >= 0.3 is 5.97 Å². The monoisotopic (exact) mass is 268 g/mol. The number of carboxylic acids is 1. The van der Waals surface area contributed by atoms with E-state index in [2.05, 4.69) is 9.97 Å². The molecule has 18 heavy (non-hydrogen) atoms. The molecule has 0 spiro atoms. The lowest BCUT2D eigenvalue weighted by Gasteiger charge is -1.97. The number of nitrogens with one attached hydrogen (secondary N) is 1. The van der Waals surface area contributed by atoms with Crippen molar-refractivity contribution in [3.63, 3.8) is 0 Å². The third-order valence-electron chi connectivity index (χ3n) is 2.38. The maximum absolute atomic E-state index is 13.1. The van der Waals surface area contributed by atoms with Gasteiger partial charge in [0.05, 0.1) is 6.42 Å². The van der Waals surface area contributed by atoms with Crippen molar-refractivity contribution in [1.82, 2.24) is 9.97 Å². The fourth-order valence-electron chi connectivity index (χ4n) is 1.57. The van der Waals surface area contributed by atoms with Gasteiger partial charge in [-0.15, -0.1) is 0 Å². The van der Waals surface area contributed by atoms with Gasteiger partial charge < -0.3 is 10.1 Å². The number of hydrogen-bond donors (Lipinski definition) is 2. The lowest BCUT2D eigenvalue weighted by Crippen LogP contribution is -1.98. The number of aryl methyl sites for hydroxylation is 1. The molecule has 4 nitrogen and oxygen atoms in total. The number of benzene rings is 1. The highest BCUT2D eigenvalue weighted by Gasteiger charge is 2.12. The summed E-state index contributed by atoms with van der Waals surface area (Å²) in [7, 11) is 0. The van der Waals surface area contributed by atoms with Crippen molar-refractivity contribution in [2.24, 2.45) is 0 Å². The van der Waals surface area contributed by atoms with E-state index in [0.29, 0.717) is 17.1 Å². The Morgan fingerprint density at radius 2 is 2.28 bits per heavy atom. The molecule has 6 heteroatoms. The van der Waals surface area contributed by atoms with Crippen molar-refractivity contribution in [3.8, 4) is 11.3 Å². The summed E-state index contributed by atoms with van der Waals surface area (Å²) in [5.74, 6) is -0.810. The summed E-state index contributed by atoms with van der Waals surface area (Å²) >= 11 is 5.96. The standard InChI is InChI=1S/C12H10ClFN2O2/c13-12-11(7-2-1-3-8(14)6-7)15-9(16-12)4-5-10(17)18/h1-3,6H,4-5H2,(H,15,16)(H,17,18). The lowest BCUT2D eigenvalue weighted by atomic mass is 10.2. The number of carbonyl (C=O) groups is 1. The van der Waals surface area contributed by atoms with Crippen LogP contribution in [0.2, 0.25) is 5.15 Å². The van der Waals surface area contributed by atoms with E-state index in [1.807, 2.05) is 0 Å². The molecule has 94 valence electrons. The van der Waals surface area contributed by atoms with Crippen LogP contribution in [0.4, 0.5) is 4.39 Å². The second-order valence-electron chi connectivity index (χ2n) is 3.75. The quantitative estimate of drug-likeness (QED) is 0.896. The van der Waals surface area contributed by atoms with Gasteiger partial charge in [0.2, 0.25) is 0 Å². The van der Waals surface area contributed by atoms with E-state index in [1.165, 1.54) is 12.1 Å². The van der Waals surface area contributed by atoms with E-state index in [4.69, 9.17) is 16.7 Å². The number of rotatable bonds is 4. The molecule has 0 aliphatic carbocycles. The van der Waals surface area contributed by atoms with Crippen LogP contribution in [0.1, 0.15) is 12.2 Å². The molecule has 0 atom stereocenters. The highest BCUT2D eigenvalue weighted by atomic mass is 35.5. The summed E-state index contributed by atoms with van der Waals surface area (Å²) in [4.78, 5) is 17.4. The molecule has 1 aromatic carbocycles. The van der Waals surface area contributed by atoms with E-state index in [9.17, 15) is 9.18 Å². The van der Waals surface area contributed by atoms with E-state index in [-0.39, 0.29) is 23.8 Å². The van der Waals surface area contributed by atoms with Crippen LogP contribution in [0.5, 0.6) is 0 Å². The summed E-state index contributed by atoms with van der Waals surface area (Å²) < 4.78 is 13.1. The number of aromatic amines is 1. The zero-order chi connectivity index (χ0) is 13.1. The highest BCUT2D eigenvalue weighted by Crippen LogP contribution is 2.26. The molecule has 0 saturated carbocycles. The van der Waals surface area contributed by atoms with Gasteiger partial charge in [-0.2, -0.15) is 0 Å². The van der Waals surface area contributed by atoms with Crippen LogP contribution < -0.4 is 0 Å². The van der Waals surface area contributed by atoms with Crippen molar-refractivity contribution in [2.45, 2.75) is 12.8 Å². The predicted octanol–water partition coefficient (Wildman–Crippen LogP) is 2.89. The van der Waals surface area contributed by atoms with Crippen LogP contribution in [-0.2, 0) is 11.2 Å². The molecule has 0 radical (unpaired) electrons. The molecule has 1 aromatic heterocycles. The van der Waals surface area contributed by atoms with Crippen LogP contribution in [-0.4, -0.2) is 21.0 Å². The molecule has 2 N–H and O–H groups in total. The van der Waals surface area contributed by atoms with Crippen molar-refractivity contribution >= 4 is 17.6 Å². The smallest absolute Gasteiger partial charge is 0.303 e. The second-order valence-corrected chi connectivity index (χ2v) is 4.13. The largest absolute Gasteiger partial charge is 0.481 e. The Bertz CT molecular complexity index is 583. The zero-order valence-corrected chi connectivity index (χ0v) is 10.0. The van der Waals surface area contributed by atoms with Crippen molar-refractivity contribution < 1.29 is 14.3 Å². The van der Waals surface area contributed by atoms with Gasteiger partial charge in [0.15, 0.2) is 0 Å². The molecule has 0 saturated heterocycles. The topological polar surface area (TPSA) is 66.0 Å². The van der Waals surface area contributed by atoms with E-state index < -0.39 is 5.97 Å². The van der Waals surface area contributed by atoms with Crippen molar-refractivity contribution in [3.05, 3.63) is 41.1 Å². The number of carboxylic acid groups (broad SMARTS) is 1. The average Bonchev–Trinajstić information content (AvgIpc) is 2.68. The Hall–Kier alpha value is -1.88. The normalized spacial score (nSPS) is 10.6. The molecule has 0 bridgehead atoms. The molecule has 2 aromatic rings. The van der Waals surface area contributed by atoms with E-state index >= 15 is 0 Å². The van der Waals surface area contributed by atoms with Crippen molar-refractivity contribution in [2.75, 3.05) is 0 Å². The summed E-state index contributed by atoms with van der Waals surface area (Å²) in [5, 5.41) is 8.86. The van der Waals surface area contributed by atoms with Gasteiger partial charge in [-0.1, -0.05) is 23.7 Å². The summed E-state index contributed by atoms with van der Waals surface area (Å²) in [6.45, 7) is 0. The number of imidazole rings is 1. The first-order valence-electron chi connectivity index (χ1n) is 5.28. The van der Waals surface area contributed by atoms with Crippen LogP contribution in [0.25, 0.3) is 11.3 Å². The minimum absolute atomic E-state index is 0.0353. The maximum Gasteiger partial charge on any atom is 0.303 e. The minimum Gasteiger partial charge on any atom is -0.481 e. The third-order valence-corrected chi connectivity index (χ3v) is 2.66. The van der Waals surface area contributed by atoms with Gasteiger partial charge in [-0.25, -0.2) is 9.37 Å². The minimum atomic E-state index is -0.908. The first-order valence-corrected chi connectivity index (χ1v) is 5.66. The highest BCUT2D eigenvalue weighted by molar-refractivity contribution is 6.31.